The van der Waals surface area contributed by atoms with Crippen LogP contribution in [0.5, 0.6) is 5.75 Å². The van der Waals surface area contributed by atoms with Crippen LogP contribution >= 0.6 is 0 Å². The number of aryl methyl sites for hydroxylation is 2. The number of aromatic nitrogens is 1. The molecule has 32 heavy (non-hydrogen) atoms. The summed E-state index contributed by atoms with van der Waals surface area (Å²) in [5.41, 5.74) is 3.97. The monoisotopic (exact) mass is 429 g/mol. The van der Waals surface area contributed by atoms with E-state index >= 15 is 0 Å². The van der Waals surface area contributed by atoms with Crippen LogP contribution in [0.2, 0.25) is 0 Å². The maximum atomic E-state index is 12.9. The largest absolute Gasteiger partial charge is 0.489 e. The summed E-state index contributed by atoms with van der Waals surface area (Å²) < 4.78 is 5.80. The van der Waals surface area contributed by atoms with Crippen LogP contribution in [0.1, 0.15) is 37.7 Å². The van der Waals surface area contributed by atoms with Crippen LogP contribution in [0.4, 0.5) is 0 Å². The summed E-state index contributed by atoms with van der Waals surface area (Å²) in [4.78, 5) is 33.7. The summed E-state index contributed by atoms with van der Waals surface area (Å²) in [7, 11) is 0. The number of rotatable bonds is 5. The molecule has 0 atom stereocenters. The first-order chi connectivity index (χ1) is 15.5. The summed E-state index contributed by atoms with van der Waals surface area (Å²) in [5, 5.41) is 0. The smallest absolute Gasteiger partial charge is 0.255 e. The minimum atomic E-state index is -0.0279. The van der Waals surface area contributed by atoms with E-state index in [0.29, 0.717) is 43.9 Å². The number of ether oxygens (including phenoxy) is 1. The molecule has 6 heteroatoms. The van der Waals surface area contributed by atoms with E-state index < -0.39 is 0 Å². The van der Waals surface area contributed by atoms with Gasteiger partial charge in [-0.25, -0.2) is 0 Å². The summed E-state index contributed by atoms with van der Waals surface area (Å²) in [6.07, 6.45) is 0. The van der Waals surface area contributed by atoms with E-state index in [1.165, 1.54) is 0 Å². The van der Waals surface area contributed by atoms with Crippen molar-refractivity contribution in [2.24, 2.45) is 0 Å². The zero-order valence-electron chi connectivity index (χ0n) is 18.5. The van der Waals surface area contributed by atoms with Crippen molar-refractivity contribution in [3.05, 3.63) is 94.8 Å². The minimum Gasteiger partial charge on any atom is -0.489 e. The maximum Gasteiger partial charge on any atom is 0.255 e. The van der Waals surface area contributed by atoms with Gasteiger partial charge in [-0.2, -0.15) is 0 Å². The lowest BCUT2D eigenvalue weighted by Gasteiger charge is -2.35. The molecule has 0 saturated carbocycles. The molecular formula is C26H27N3O3. The Labute approximate surface area is 188 Å². The molecule has 3 aromatic rings. The van der Waals surface area contributed by atoms with Gasteiger partial charge >= 0.3 is 0 Å². The zero-order valence-corrected chi connectivity index (χ0v) is 18.5. The number of nitrogens with zero attached hydrogens (tertiary/aromatic N) is 3. The predicted octanol–water partition coefficient (Wildman–Crippen LogP) is 3.88. The van der Waals surface area contributed by atoms with Gasteiger partial charge in [0.1, 0.15) is 12.4 Å². The molecule has 0 aliphatic carbocycles. The van der Waals surface area contributed by atoms with Crippen LogP contribution in [-0.4, -0.2) is 52.8 Å². The molecule has 4 rings (SSSR count). The highest BCUT2D eigenvalue weighted by Gasteiger charge is 2.26. The van der Waals surface area contributed by atoms with E-state index in [1.807, 2.05) is 68.4 Å². The second-order valence-electron chi connectivity index (χ2n) is 7.97. The normalized spacial score (nSPS) is 13.7. The lowest BCUT2D eigenvalue weighted by Crippen LogP contribution is -2.50. The molecule has 0 unspecified atom stereocenters. The first kappa shape index (κ1) is 21.6. The summed E-state index contributed by atoms with van der Waals surface area (Å²) in [5.74, 6) is 0.671. The Bertz CT molecular complexity index is 1090. The van der Waals surface area contributed by atoms with Crippen LogP contribution in [0, 0.1) is 13.8 Å². The van der Waals surface area contributed by atoms with E-state index in [4.69, 9.17) is 4.74 Å². The van der Waals surface area contributed by atoms with Gasteiger partial charge in [0.15, 0.2) is 0 Å². The number of amides is 2. The average molecular weight is 430 g/mol. The molecule has 0 bridgehead atoms. The van der Waals surface area contributed by atoms with E-state index in [-0.39, 0.29) is 11.8 Å². The SMILES string of the molecule is Cc1ccc(C(=O)N2CCN(C(=O)c3ccc(OCc4ccccc4)cc3)CC2)c(C)n1. The second-order valence-corrected chi connectivity index (χ2v) is 7.97. The summed E-state index contributed by atoms with van der Waals surface area (Å²) in [6, 6.07) is 20.9. The summed E-state index contributed by atoms with van der Waals surface area (Å²) >= 11 is 0. The molecule has 1 aromatic heterocycles. The molecule has 0 spiro atoms. The fourth-order valence-corrected chi connectivity index (χ4v) is 3.81. The Morgan fingerprint density at radius 2 is 1.44 bits per heavy atom. The first-order valence-electron chi connectivity index (χ1n) is 10.8. The highest BCUT2D eigenvalue weighted by Crippen LogP contribution is 2.17. The molecule has 2 heterocycles. The molecule has 1 aliphatic rings. The zero-order chi connectivity index (χ0) is 22.5. The third-order valence-corrected chi connectivity index (χ3v) is 5.66. The van der Waals surface area contributed by atoms with Crippen LogP contribution in [0.15, 0.2) is 66.7 Å². The predicted molar refractivity (Wildman–Crippen MR) is 123 cm³/mol. The van der Waals surface area contributed by atoms with Crippen LogP contribution in [0.25, 0.3) is 0 Å². The minimum absolute atomic E-state index is 0.0259. The van der Waals surface area contributed by atoms with E-state index in [2.05, 4.69) is 4.98 Å². The van der Waals surface area contributed by atoms with Gasteiger partial charge < -0.3 is 14.5 Å². The quantitative estimate of drug-likeness (QED) is 0.618. The van der Waals surface area contributed by atoms with Crippen molar-refractivity contribution in [3.63, 3.8) is 0 Å². The van der Waals surface area contributed by atoms with E-state index in [1.54, 1.807) is 21.9 Å². The number of carbonyl (C=O) groups is 2. The van der Waals surface area contributed by atoms with Gasteiger partial charge in [-0.05, 0) is 55.8 Å². The van der Waals surface area contributed by atoms with Crippen molar-refractivity contribution in [2.45, 2.75) is 20.5 Å². The summed E-state index contributed by atoms with van der Waals surface area (Å²) in [6.45, 7) is 6.29. The Balaban J connectivity index is 1.31. The lowest BCUT2D eigenvalue weighted by atomic mass is 10.1. The van der Waals surface area contributed by atoms with Gasteiger partial charge in [0.2, 0.25) is 0 Å². The van der Waals surface area contributed by atoms with Crippen molar-refractivity contribution in [1.82, 2.24) is 14.8 Å². The molecule has 1 aliphatic heterocycles. The number of pyridine rings is 1. The molecule has 1 fully saturated rings. The number of carbonyl (C=O) groups excluding carboxylic acids is 2. The first-order valence-corrected chi connectivity index (χ1v) is 10.8. The molecule has 0 N–H and O–H groups in total. The van der Waals surface area contributed by atoms with Gasteiger partial charge in [-0.1, -0.05) is 30.3 Å². The molecule has 6 nitrogen and oxygen atoms in total. The Kier molecular flexibility index (Phi) is 6.50. The van der Waals surface area contributed by atoms with Crippen molar-refractivity contribution in [1.29, 1.82) is 0 Å². The van der Waals surface area contributed by atoms with Crippen LogP contribution in [-0.2, 0) is 6.61 Å². The number of piperazine rings is 1. The van der Waals surface area contributed by atoms with Crippen molar-refractivity contribution >= 4 is 11.8 Å². The molecule has 2 amide bonds. The topological polar surface area (TPSA) is 62.7 Å². The standard InChI is InChI=1S/C26H27N3O3/c1-19-8-13-24(20(2)27-19)26(31)29-16-14-28(15-17-29)25(30)22-9-11-23(12-10-22)32-18-21-6-4-3-5-7-21/h3-13H,14-18H2,1-2H3. The van der Waals surface area contributed by atoms with E-state index in [9.17, 15) is 9.59 Å². The maximum absolute atomic E-state index is 12.9. The van der Waals surface area contributed by atoms with Gasteiger partial charge in [0.25, 0.3) is 11.8 Å². The van der Waals surface area contributed by atoms with Crippen molar-refractivity contribution in [2.75, 3.05) is 26.2 Å². The Morgan fingerprint density at radius 1 is 0.812 bits per heavy atom. The molecule has 2 aromatic carbocycles. The van der Waals surface area contributed by atoms with Crippen molar-refractivity contribution < 1.29 is 14.3 Å². The molecule has 164 valence electrons. The molecule has 1 saturated heterocycles. The fraction of sp³-hybridized carbons (Fsp3) is 0.269. The van der Waals surface area contributed by atoms with E-state index in [0.717, 1.165) is 22.7 Å². The lowest BCUT2D eigenvalue weighted by molar-refractivity contribution is 0.0534. The van der Waals surface area contributed by atoms with Crippen LogP contribution in [0.3, 0.4) is 0 Å². The third-order valence-electron chi connectivity index (χ3n) is 5.66. The van der Waals surface area contributed by atoms with Gasteiger partial charge in [0, 0.05) is 37.4 Å². The number of hydrogen-bond donors (Lipinski definition) is 0. The Morgan fingerprint density at radius 3 is 2.06 bits per heavy atom. The molecule has 0 radical (unpaired) electrons. The third kappa shape index (κ3) is 4.97. The number of hydrogen-bond acceptors (Lipinski definition) is 4. The van der Waals surface area contributed by atoms with Gasteiger partial charge in [0.05, 0.1) is 11.3 Å². The highest BCUT2D eigenvalue weighted by molar-refractivity contribution is 5.96. The van der Waals surface area contributed by atoms with Crippen molar-refractivity contribution in [3.8, 4) is 5.75 Å². The number of benzene rings is 2. The highest BCUT2D eigenvalue weighted by atomic mass is 16.5. The fourth-order valence-electron chi connectivity index (χ4n) is 3.81. The van der Waals surface area contributed by atoms with Gasteiger partial charge in [-0.3, -0.25) is 14.6 Å². The second kappa shape index (κ2) is 9.64. The van der Waals surface area contributed by atoms with Gasteiger partial charge in [-0.15, -0.1) is 0 Å². The molecular weight excluding hydrogens is 402 g/mol. The average Bonchev–Trinajstić information content (AvgIpc) is 2.83. The van der Waals surface area contributed by atoms with Crippen LogP contribution < -0.4 is 4.74 Å². The Hall–Kier alpha value is -3.67.